The van der Waals surface area contributed by atoms with E-state index in [9.17, 15) is 4.79 Å². The highest BCUT2D eigenvalue weighted by molar-refractivity contribution is 5.91. The number of carbonyl (C=O) groups excluding carboxylic acids is 1. The van der Waals surface area contributed by atoms with Gasteiger partial charge in [-0.15, -0.1) is 0 Å². The van der Waals surface area contributed by atoms with Gasteiger partial charge >= 0.3 is 0 Å². The Morgan fingerprint density at radius 2 is 1.74 bits per heavy atom. The molecule has 1 atom stereocenters. The number of ketones is 1. The molecule has 0 aromatic carbocycles. The lowest BCUT2D eigenvalue weighted by atomic mass is 9.84. The Morgan fingerprint density at radius 1 is 1.16 bits per heavy atom. The molecule has 2 fully saturated rings. The van der Waals surface area contributed by atoms with Gasteiger partial charge in [0.1, 0.15) is 5.60 Å². The smallest absolute Gasteiger partial charge is 0.171 e. The monoisotopic (exact) mass is 267 g/mol. The van der Waals surface area contributed by atoms with Crippen molar-refractivity contribution in [2.45, 2.75) is 77.0 Å². The summed E-state index contributed by atoms with van der Waals surface area (Å²) in [4.78, 5) is 14.9. The molecule has 2 rings (SSSR count). The van der Waals surface area contributed by atoms with Gasteiger partial charge in [-0.25, -0.2) is 0 Å². The molecule has 0 bridgehead atoms. The first-order valence-electron chi connectivity index (χ1n) is 7.69. The molecule has 0 radical (unpaired) electrons. The standard InChI is InChI=1S/C16H29NO2/c1-15(2)13(14(18)16(3,4)19-15)11-17(5)12-9-7-6-8-10-12/h12-13H,6-11H2,1-5H3. The molecule has 0 amide bonds. The average Bonchev–Trinajstić information content (AvgIpc) is 2.48. The van der Waals surface area contributed by atoms with Crippen molar-refractivity contribution in [3.8, 4) is 0 Å². The number of hydrogen-bond acceptors (Lipinski definition) is 3. The molecule has 110 valence electrons. The minimum Gasteiger partial charge on any atom is -0.361 e. The van der Waals surface area contributed by atoms with Crippen LogP contribution in [0.1, 0.15) is 59.8 Å². The molecule has 1 unspecified atom stereocenters. The van der Waals surface area contributed by atoms with Crippen LogP contribution in [0.3, 0.4) is 0 Å². The molecular formula is C16H29NO2. The third kappa shape index (κ3) is 3.03. The number of nitrogens with zero attached hydrogens (tertiary/aromatic N) is 1. The molecule has 0 aromatic rings. The Morgan fingerprint density at radius 3 is 2.21 bits per heavy atom. The number of ether oxygens (including phenoxy) is 1. The number of hydrogen-bond donors (Lipinski definition) is 0. The van der Waals surface area contributed by atoms with Crippen molar-refractivity contribution < 1.29 is 9.53 Å². The van der Waals surface area contributed by atoms with Crippen LogP contribution in [0.25, 0.3) is 0 Å². The van der Waals surface area contributed by atoms with Crippen LogP contribution in [0.4, 0.5) is 0 Å². The molecule has 2 aliphatic rings. The molecule has 0 aromatic heterocycles. The van der Waals surface area contributed by atoms with Crippen molar-refractivity contribution in [1.82, 2.24) is 4.90 Å². The van der Waals surface area contributed by atoms with E-state index in [1.54, 1.807) is 0 Å². The highest BCUT2D eigenvalue weighted by Gasteiger charge is 2.53. The fourth-order valence-corrected chi connectivity index (χ4v) is 3.78. The molecule has 1 aliphatic heterocycles. The molecule has 19 heavy (non-hydrogen) atoms. The van der Waals surface area contributed by atoms with Crippen LogP contribution in [0.2, 0.25) is 0 Å². The molecule has 1 saturated carbocycles. The van der Waals surface area contributed by atoms with Crippen molar-refractivity contribution in [1.29, 1.82) is 0 Å². The van der Waals surface area contributed by atoms with Crippen molar-refractivity contribution in [3.05, 3.63) is 0 Å². The van der Waals surface area contributed by atoms with Gasteiger partial charge in [-0.05, 0) is 47.6 Å². The first-order chi connectivity index (χ1) is 8.74. The number of carbonyl (C=O) groups is 1. The number of Topliss-reactive ketones (excluding diaryl/α,β-unsaturated/α-hetero) is 1. The van der Waals surface area contributed by atoms with Gasteiger partial charge in [0.25, 0.3) is 0 Å². The largest absolute Gasteiger partial charge is 0.361 e. The molecule has 3 nitrogen and oxygen atoms in total. The Bertz CT molecular complexity index is 343. The van der Waals surface area contributed by atoms with Crippen LogP contribution in [-0.2, 0) is 9.53 Å². The minimum absolute atomic E-state index is 0.00516. The molecule has 0 spiro atoms. The van der Waals surface area contributed by atoms with Crippen LogP contribution in [0.5, 0.6) is 0 Å². The lowest BCUT2D eigenvalue weighted by Crippen LogP contribution is -2.44. The molecule has 1 heterocycles. The topological polar surface area (TPSA) is 29.5 Å². The van der Waals surface area contributed by atoms with Crippen molar-refractivity contribution >= 4 is 5.78 Å². The quantitative estimate of drug-likeness (QED) is 0.787. The summed E-state index contributed by atoms with van der Waals surface area (Å²) in [6.07, 6.45) is 6.59. The Hall–Kier alpha value is -0.410. The van der Waals surface area contributed by atoms with Crippen LogP contribution < -0.4 is 0 Å². The second-order valence-corrected chi connectivity index (χ2v) is 7.36. The van der Waals surface area contributed by atoms with Gasteiger partial charge < -0.3 is 9.64 Å². The van der Waals surface area contributed by atoms with E-state index < -0.39 is 5.60 Å². The van der Waals surface area contributed by atoms with Crippen LogP contribution in [0.15, 0.2) is 0 Å². The maximum absolute atomic E-state index is 12.5. The SMILES string of the molecule is CN(CC1C(=O)C(C)(C)OC1(C)C)C1CCCCC1. The summed E-state index contributed by atoms with van der Waals surface area (Å²) < 4.78 is 5.97. The summed E-state index contributed by atoms with van der Waals surface area (Å²) in [6, 6.07) is 0.654. The summed E-state index contributed by atoms with van der Waals surface area (Å²) in [7, 11) is 2.17. The van der Waals surface area contributed by atoms with E-state index in [-0.39, 0.29) is 17.3 Å². The Labute approximate surface area is 117 Å². The zero-order valence-electron chi connectivity index (χ0n) is 13.2. The van der Waals surface area contributed by atoms with E-state index in [4.69, 9.17) is 4.74 Å². The van der Waals surface area contributed by atoms with Crippen LogP contribution in [0, 0.1) is 5.92 Å². The molecular weight excluding hydrogens is 238 g/mol. The van der Waals surface area contributed by atoms with Gasteiger partial charge in [0.05, 0.1) is 11.5 Å². The summed E-state index contributed by atoms with van der Waals surface area (Å²) in [5.41, 5.74) is -0.967. The second-order valence-electron chi connectivity index (χ2n) is 7.36. The van der Waals surface area contributed by atoms with E-state index >= 15 is 0 Å². The van der Waals surface area contributed by atoms with Gasteiger partial charge in [0, 0.05) is 12.6 Å². The second kappa shape index (κ2) is 5.17. The third-order valence-electron chi connectivity index (χ3n) is 4.94. The molecule has 3 heteroatoms. The zero-order valence-corrected chi connectivity index (χ0v) is 13.2. The van der Waals surface area contributed by atoms with E-state index in [2.05, 4.69) is 25.8 Å². The summed E-state index contributed by atoms with van der Waals surface area (Å²) in [6.45, 7) is 8.74. The van der Waals surface area contributed by atoms with E-state index in [0.29, 0.717) is 6.04 Å². The van der Waals surface area contributed by atoms with Crippen LogP contribution in [-0.4, -0.2) is 41.5 Å². The molecule has 1 saturated heterocycles. The van der Waals surface area contributed by atoms with Crippen LogP contribution >= 0.6 is 0 Å². The van der Waals surface area contributed by atoms with Crippen molar-refractivity contribution in [2.75, 3.05) is 13.6 Å². The van der Waals surface area contributed by atoms with Gasteiger partial charge in [-0.2, -0.15) is 0 Å². The van der Waals surface area contributed by atoms with E-state index in [1.165, 1.54) is 32.1 Å². The highest BCUT2D eigenvalue weighted by atomic mass is 16.5. The molecule has 0 N–H and O–H groups in total. The lowest BCUT2D eigenvalue weighted by Gasteiger charge is -2.35. The fraction of sp³-hybridized carbons (Fsp3) is 0.938. The predicted octanol–water partition coefficient (Wildman–Crippen LogP) is 3.02. The zero-order chi connectivity index (χ0) is 14.3. The lowest BCUT2D eigenvalue weighted by molar-refractivity contribution is -0.132. The summed E-state index contributed by atoms with van der Waals surface area (Å²) in [5.74, 6) is 0.259. The van der Waals surface area contributed by atoms with Gasteiger partial charge in [-0.1, -0.05) is 19.3 Å². The Balaban J connectivity index is 2.03. The van der Waals surface area contributed by atoms with Crippen molar-refractivity contribution in [2.24, 2.45) is 5.92 Å². The predicted molar refractivity (Wildman–Crippen MR) is 77.2 cm³/mol. The fourth-order valence-electron chi connectivity index (χ4n) is 3.78. The Kier molecular flexibility index (Phi) is 4.08. The average molecular weight is 267 g/mol. The normalized spacial score (nSPS) is 31.1. The number of rotatable bonds is 3. The van der Waals surface area contributed by atoms with E-state index in [0.717, 1.165) is 6.54 Å². The first kappa shape index (κ1) is 15.0. The third-order valence-corrected chi connectivity index (χ3v) is 4.94. The van der Waals surface area contributed by atoms with Gasteiger partial charge in [0.15, 0.2) is 5.78 Å². The first-order valence-corrected chi connectivity index (χ1v) is 7.69. The van der Waals surface area contributed by atoms with E-state index in [1.807, 2.05) is 13.8 Å². The minimum atomic E-state index is -0.623. The summed E-state index contributed by atoms with van der Waals surface area (Å²) in [5, 5.41) is 0. The maximum atomic E-state index is 12.5. The summed E-state index contributed by atoms with van der Waals surface area (Å²) >= 11 is 0. The van der Waals surface area contributed by atoms with Crippen molar-refractivity contribution in [3.63, 3.8) is 0 Å². The highest BCUT2D eigenvalue weighted by Crippen LogP contribution is 2.40. The van der Waals surface area contributed by atoms with Gasteiger partial charge in [-0.3, -0.25) is 4.79 Å². The van der Waals surface area contributed by atoms with Gasteiger partial charge in [0.2, 0.25) is 0 Å². The maximum Gasteiger partial charge on any atom is 0.171 e. The molecule has 1 aliphatic carbocycles.